The second kappa shape index (κ2) is 3.24. The van der Waals surface area contributed by atoms with Crippen LogP contribution in [-0.4, -0.2) is 31.6 Å². The van der Waals surface area contributed by atoms with Crippen molar-refractivity contribution in [2.75, 3.05) is 18.1 Å². The molecule has 13 heavy (non-hydrogen) atoms. The number of rotatable bonds is 3. The molecule has 1 aliphatic heterocycles. The number of hydrogen-bond acceptors (Lipinski definition) is 3. The SMILES string of the molecule is O=S1(=O)CCC(C(CO)C2CC2)C1. The molecule has 1 N–H and O–H groups in total. The van der Waals surface area contributed by atoms with E-state index in [1.165, 1.54) is 12.8 Å². The van der Waals surface area contributed by atoms with Gasteiger partial charge in [-0.1, -0.05) is 0 Å². The lowest BCUT2D eigenvalue weighted by Crippen LogP contribution is -2.21. The molecule has 0 radical (unpaired) electrons. The number of sulfone groups is 1. The summed E-state index contributed by atoms with van der Waals surface area (Å²) in [6.07, 6.45) is 3.13. The van der Waals surface area contributed by atoms with Crippen molar-refractivity contribution in [2.45, 2.75) is 19.3 Å². The highest BCUT2D eigenvalue weighted by Crippen LogP contribution is 2.43. The standard InChI is InChI=1S/C9H16O3S/c10-5-9(7-1-2-7)8-3-4-13(11,12)6-8/h7-10H,1-6H2. The molecular formula is C9H16O3S. The van der Waals surface area contributed by atoms with E-state index >= 15 is 0 Å². The van der Waals surface area contributed by atoms with Gasteiger partial charge in [0.2, 0.25) is 0 Å². The Balaban J connectivity index is 2.00. The Labute approximate surface area is 79.1 Å². The fourth-order valence-corrected chi connectivity index (χ4v) is 4.26. The molecule has 1 saturated heterocycles. The zero-order valence-electron chi connectivity index (χ0n) is 7.65. The predicted octanol–water partition coefficient (Wildman–Crippen LogP) is 0.440. The highest BCUT2D eigenvalue weighted by molar-refractivity contribution is 7.91. The maximum Gasteiger partial charge on any atom is 0.150 e. The molecule has 3 nitrogen and oxygen atoms in total. The summed E-state index contributed by atoms with van der Waals surface area (Å²) in [5.41, 5.74) is 0. The van der Waals surface area contributed by atoms with E-state index in [-0.39, 0.29) is 18.4 Å². The van der Waals surface area contributed by atoms with Gasteiger partial charge >= 0.3 is 0 Å². The maximum absolute atomic E-state index is 11.2. The van der Waals surface area contributed by atoms with Gasteiger partial charge in [-0.25, -0.2) is 8.42 Å². The average molecular weight is 204 g/mol. The average Bonchev–Trinajstić information content (AvgIpc) is 2.80. The van der Waals surface area contributed by atoms with Crippen LogP contribution >= 0.6 is 0 Å². The second-order valence-corrected chi connectivity index (χ2v) is 6.58. The van der Waals surface area contributed by atoms with Crippen LogP contribution in [0.15, 0.2) is 0 Å². The third kappa shape index (κ3) is 2.05. The molecule has 0 spiro atoms. The van der Waals surface area contributed by atoms with Crippen LogP contribution in [0.2, 0.25) is 0 Å². The molecule has 2 aliphatic rings. The number of hydrogen-bond donors (Lipinski definition) is 1. The van der Waals surface area contributed by atoms with Crippen molar-refractivity contribution in [1.82, 2.24) is 0 Å². The summed E-state index contributed by atoms with van der Waals surface area (Å²) in [7, 11) is -2.77. The Morgan fingerprint density at radius 3 is 2.31 bits per heavy atom. The van der Waals surface area contributed by atoms with Crippen molar-refractivity contribution in [3.8, 4) is 0 Å². The molecule has 76 valence electrons. The van der Waals surface area contributed by atoms with E-state index in [0.717, 1.165) is 6.42 Å². The van der Waals surface area contributed by atoms with Crippen molar-refractivity contribution in [3.63, 3.8) is 0 Å². The summed E-state index contributed by atoms with van der Waals surface area (Å²) in [6, 6.07) is 0. The number of aliphatic hydroxyl groups excluding tert-OH is 1. The third-order valence-electron chi connectivity index (χ3n) is 3.31. The highest BCUT2D eigenvalue weighted by Gasteiger charge is 2.40. The molecule has 4 heteroatoms. The van der Waals surface area contributed by atoms with Gasteiger partial charge in [0.05, 0.1) is 11.5 Å². The van der Waals surface area contributed by atoms with Gasteiger partial charge in [0.25, 0.3) is 0 Å². The Morgan fingerprint density at radius 2 is 1.92 bits per heavy atom. The Morgan fingerprint density at radius 1 is 1.23 bits per heavy atom. The molecule has 0 aromatic heterocycles. The molecule has 0 amide bonds. The molecule has 0 aromatic rings. The van der Waals surface area contributed by atoms with Crippen LogP contribution in [0, 0.1) is 17.8 Å². The Hall–Kier alpha value is -0.0900. The Bertz CT molecular complexity index is 279. The molecule has 2 fully saturated rings. The smallest absolute Gasteiger partial charge is 0.150 e. The van der Waals surface area contributed by atoms with E-state index in [2.05, 4.69) is 0 Å². The van der Waals surface area contributed by atoms with Gasteiger partial charge in [0, 0.05) is 6.61 Å². The van der Waals surface area contributed by atoms with Crippen molar-refractivity contribution in [1.29, 1.82) is 0 Å². The van der Waals surface area contributed by atoms with Gasteiger partial charge in [0.1, 0.15) is 0 Å². The van der Waals surface area contributed by atoms with Crippen LogP contribution in [0.3, 0.4) is 0 Å². The van der Waals surface area contributed by atoms with Crippen molar-refractivity contribution in [2.24, 2.45) is 17.8 Å². The third-order valence-corrected chi connectivity index (χ3v) is 5.11. The van der Waals surface area contributed by atoms with Crippen LogP contribution in [0.25, 0.3) is 0 Å². The van der Waals surface area contributed by atoms with E-state index < -0.39 is 9.84 Å². The minimum absolute atomic E-state index is 0.171. The van der Waals surface area contributed by atoms with Gasteiger partial charge in [-0.15, -0.1) is 0 Å². The van der Waals surface area contributed by atoms with E-state index in [9.17, 15) is 13.5 Å². The van der Waals surface area contributed by atoms with Gasteiger partial charge < -0.3 is 5.11 Å². The lowest BCUT2D eigenvalue weighted by molar-refractivity contribution is 0.166. The van der Waals surface area contributed by atoms with Gasteiger partial charge in [-0.3, -0.25) is 0 Å². The van der Waals surface area contributed by atoms with Crippen molar-refractivity contribution < 1.29 is 13.5 Å². The van der Waals surface area contributed by atoms with E-state index in [0.29, 0.717) is 17.4 Å². The first-order chi connectivity index (χ1) is 6.12. The van der Waals surface area contributed by atoms with Crippen LogP contribution in [0.1, 0.15) is 19.3 Å². The molecule has 2 unspecified atom stereocenters. The Kier molecular flexibility index (Phi) is 2.36. The largest absolute Gasteiger partial charge is 0.396 e. The molecule has 2 rings (SSSR count). The topological polar surface area (TPSA) is 54.4 Å². The maximum atomic E-state index is 11.2. The van der Waals surface area contributed by atoms with E-state index in [4.69, 9.17) is 0 Å². The van der Waals surface area contributed by atoms with Crippen molar-refractivity contribution >= 4 is 9.84 Å². The summed E-state index contributed by atoms with van der Waals surface area (Å²) in [5, 5.41) is 9.17. The highest BCUT2D eigenvalue weighted by atomic mass is 32.2. The first-order valence-electron chi connectivity index (χ1n) is 4.93. The van der Waals surface area contributed by atoms with Gasteiger partial charge in [-0.2, -0.15) is 0 Å². The van der Waals surface area contributed by atoms with Crippen LogP contribution < -0.4 is 0 Å². The lowest BCUT2D eigenvalue weighted by Gasteiger charge is -2.19. The summed E-state index contributed by atoms with van der Waals surface area (Å²) in [6.45, 7) is 0.171. The molecule has 1 aliphatic carbocycles. The second-order valence-electron chi connectivity index (χ2n) is 4.35. The molecule has 0 bridgehead atoms. The minimum Gasteiger partial charge on any atom is -0.396 e. The molecule has 1 saturated carbocycles. The van der Waals surface area contributed by atoms with Gasteiger partial charge in [-0.05, 0) is 37.0 Å². The minimum atomic E-state index is -2.77. The zero-order valence-corrected chi connectivity index (χ0v) is 8.46. The van der Waals surface area contributed by atoms with E-state index in [1.54, 1.807) is 0 Å². The van der Waals surface area contributed by atoms with Gasteiger partial charge in [0.15, 0.2) is 9.84 Å². The normalized spacial score (nSPS) is 34.7. The molecule has 2 atom stereocenters. The quantitative estimate of drug-likeness (QED) is 0.725. The van der Waals surface area contributed by atoms with Crippen LogP contribution in [-0.2, 0) is 9.84 Å². The van der Waals surface area contributed by atoms with Crippen LogP contribution in [0.5, 0.6) is 0 Å². The fourth-order valence-electron chi connectivity index (χ4n) is 2.37. The number of aliphatic hydroxyl groups is 1. The monoisotopic (exact) mass is 204 g/mol. The molecule has 0 aromatic carbocycles. The zero-order chi connectivity index (χ0) is 9.47. The first-order valence-corrected chi connectivity index (χ1v) is 6.76. The lowest BCUT2D eigenvalue weighted by atomic mass is 9.88. The molecular weight excluding hydrogens is 188 g/mol. The summed E-state index contributed by atoms with van der Waals surface area (Å²) < 4.78 is 22.4. The van der Waals surface area contributed by atoms with Crippen molar-refractivity contribution in [3.05, 3.63) is 0 Å². The summed E-state index contributed by atoms with van der Waals surface area (Å²) >= 11 is 0. The summed E-state index contributed by atoms with van der Waals surface area (Å²) in [5.74, 6) is 1.76. The first kappa shape index (κ1) is 9.46. The van der Waals surface area contributed by atoms with E-state index in [1.807, 2.05) is 0 Å². The summed E-state index contributed by atoms with van der Waals surface area (Å²) in [4.78, 5) is 0. The fraction of sp³-hybridized carbons (Fsp3) is 1.00. The molecule has 1 heterocycles. The predicted molar refractivity (Wildman–Crippen MR) is 50.1 cm³/mol. The van der Waals surface area contributed by atoms with Crippen LogP contribution in [0.4, 0.5) is 0 Å².